The quantitative estimate of drug-likeness (QED) is 0.744. The minimum absolute atomic E-state index is 0.0138. The van der Waals surface area contributed by atoms with Crippen LogP contribution in [0.2, 0.25) is 0 Å². The van der Waals surface area contributed by atoms with Gasteiger partial charge in [-0.25, -0.2) is 9.97 Å². The number of carbonyl (C=O) groups excluding carboxylic acids is 1. The van der Waals surface area contributed by atoms with Gasteiger partial charge in [0.15, 0.2) is 0 Å². The molecule has 1 aromatic carbocycles. The third-order valence-electron chi connectivity index (χ3n) is 5.59. The van der Waals surface area contributed by atoms with E-state index in [1.807, 2.05) is 24.4 Å². The summed E-state index contributed by atoms with van der Waals surface area (Å²) in [6.45, 7) is 0.757. The van der Waals surface area contributed by atoms with Crippen LogP contribution in [0.1, 0.15) is 70.8 Å². The van der Waals surface area contributed by atoms with E-state index in [1.54, 1.807) is 12.3 Å². The molecule has 1 saturated carbocycles. The maximum Gasteiger partial charge on any atom is 0.270 e. The molecule has 1 amide bonds. The van der Waals surface area contributed by atoms with Gasteiger partial charge in [-0.3, -0.25) is 9.48 Å². The molecule has 1 N–H and O–H groups in total. The molecule has 2 aliphatic carbocycles. The zero-order chi connectivity index (χ0) is 18.9. The van der Waals surface area contributed by atoms with E-state index in [2.05, 4.69) is 37.2 Å². The van der Waals surface area contributed by atoms with Crippen LogP contribution in [0.25, 0.3) is 0 Å². The molecule has 1 fully saturated rings. The van der Waals surface area contributed by atoms with Crippen molar-refractivity contribution < 1.29 is 4.79 Å². The average molecular weight is 373 g/mol. The Bertz CT molecular complexity index is 993. The van der Waals surface area contributed by atoms with Gasteiger partial charge in [-0.2, -0.15) is 5.10 Å². The van der Waals surface area contributed by atoms with E-state index in [9.17, 15) is 4.79 Å². The van der Waals surface area contributed by atoms with E-state index < -0.39 is 0 Å². The second kappa shape index (κ2) is 7.19. The van der Waals surface area contributed by atoms with Gasteiger partial charge >= 0.3 is 0 Å². The number of carbonyl (C=O) groups is 1. The van der Waals surface area contributed by atoms with Crippen molar-refractivity contribution in [1.29, 1.82) is 0 Å². The number of amides is 1. The van der Waals surface area contributed by atoms with E-state index >= 15 is 0 Å². The molecule has 0 bridgehead atoms. The zero-order valence-electron chi connectivity index (χ0n) is 15.7. The molecule has 6 heteroatoms. The number of rotatable bonds is 5. The summed E-state index contributed by atoms with van der Waals surface area (Å²) in [6, 6.07) is 12.0. The smallest absolute Gasteiger partial charge is 0.270 e. The Kier molecular flexibility index (Phi) is 4.39. The average Bonchev–Trinajstić information content (AvgIpc) is 3.51. The second-order valence-corrected chi connectivity index (χ2v) is 7.68. The molecule has 1 unspecified atom stereocenters. The number of nitrogens with zero attached hydrogens (tertiary/aromatic N) is 4. The molecule has 0 radical (unpaired) electrons. The minimum atomic E-state index is -0.127. The molecule has 3 aromatic rings. The molecule has 2 aromatic heterocycles. The first-order valence-corrected chi connectivity index (χ1v) is 10.0. The predicted octanol–water partition coefficient (Wildman–Crippen LogP) is 3.41. The summed E-state index contributed by atoms with van der Waals surface area (Å²) in [7, 11) is 0. The van der Waals surface area contributed by atoms with Crippen LogP contribution in [0.4, 0.5) is 0 Å². The van der Waals surface area contributed by atoms with Crippen molar-refractivity contribution in [2.24, 2.45) is 0 Å². The Morgan fingerprint density at radius 3 is 2.82 bits per heavy atom. The van der Waals surface area contributed by atoms with Gasteiger partial charge in [-0.05, 0) is 43.7 Å². The van der Waals surface area contributed by atoms with Crippen molar-refractivity contribution >= 4 is 5.91 Å². The van der Waals surface area contributed by atoms with Crippen LogP contribution in [-0.2, 0) is 13.0 Å². The van der Waals surface area contributed by atoms with E-state index in [-0.39, 0.29) is 11.9 Å². The molecule has 28 heavy (non-hydrogen) atoms. The van der Waals surface area contributed by atoms with Crippen molar-refractivity contribution in [3.8, 4) is 0 Å². The first kappa shape index (κ1) is 17.1. The summed E-state index contributed by atoms with van der Waals surface area (Å²) < 4.78 is 2.07. The fraction of sp³-hybridized carbons (Fsp3) is 0.364. The van der Waals surface area contributed by atoms with Gasteiger partial charge < -0.3 is 5.32 Å². The highest BCUT2D eigenvalue weighted by Gasteiger charge is 2.29. The Morgan fingerprint density at radius 2 is 2.00 bits per heavy atom. The highest BCUT2D eigenvalue weighted by atomic mass is 16.1. The van der Waals surface area contributed by atoms with Crippen LogP contribution in [-0.4, -0.2) is 25.7 Å². The summed E-state index contributed by atoms with van der Waals surface area (Å²) in [5.74, 6) is 1.11. The first-order valence-electron chi connectivity index (χ1n) is 10.0. The van der Waals surface area contributed by atoms with Gasteiger partial charge in [-0.15, -0.1) is 0 Å². The monoisotopic (exact) mass is 373 g/mol. The van der Waals surface area contributed by atoms with Gasteiger partial charge in [0, 0.05) is 23.4 Å². The van der Waals surface area contributed by atoms with Crippen molar-refractivity contribution in [3.05, 3.63) is 77.1 Å². The molecular formula is C22H23N5O. The van der Waals surface area contributed by atoms with Crippen LogP contribution >= 0.6 is 0 Å². The number of aromatic nitrogens is 4. The largest absolute Gasteiger partial charge is 0.344 e. The molecule has 5 rings (SSSR count). The molecule has 0 saturated heterocycles. The first-order chi connectivity index (χ1) is 13.8. The summed E-state index contributed by atoms with van der Waals surface area (Å²) in [4.78, 5) is 21.6. The fourth-order valence-electron chi connectivity index (χ4n) is 3.93. The second-order valence-electron chi connectivity index (χ2n) is 7.68. The molecule has 1 atom stereocenters. The minimum Gasteiger partial charge on any atom is -0.344 e. The van der Waals surface area contributed by atoms with Gasteiger partial charge in [0.25, 0.3) is 5.91 Å². The fourth-order valence-corrected chi connectivity index (χ4v) is 3.93. The van der Waals surface area contributed by atoms with Crippen molar-refractivity contribution in [3.63, 3.8) is 0 Å². The topological polar surface area (TPSA) is 72.7 Å². The summed E-state index contributed by atoms with van der Waals surface area (Å²) in [5, 5.41) is 7.78. The van der Waals surface area contributed by atoms with Crippen molar-refractivity contribution in [2.75, 3.05) is 0 Å². The standard InChI is InChI=1S/C22H23N5O/c28-22(19-11-12-23-21(25-19)16-9-10-16)26-18-7-4-8-20-17(18)13-24-27(20)14-15-5-2-1-3-6-15/h1-3,5-6,11-13,16,18H,4,7-10,14H2,(H,26,28). The number of nitrogens with one attached hydrogen (secondary N) is 1. The van der Waals surface area contributed by atoms with Crippen molar-refractivity contribution in [1.82, 2.24) is 25.1 Å². The lowest BCUT2D eigenvalue weighted by Crippen LogP contribution is -2.31. The normalized spacial score (nSPS) is 18.5. The predicted molar refractivity (Wildman–Crippen MR) is 105 cm³/mol. The maximum absolute atomic E-state index is 12.8. The van der Waals surface area contributed by atoms with E-state index in [4.69, 9.17) is 0 Å². The number of hydrogen-bond acceptors (Lipinski definition) is 4. The molecule has 0 aliphatic heterocycles. The van der Waals surface area contributed by atoms with Crippen LogP contribution in [0, 0.1) is 0 Å². The summed E-state index contributed by atoms with van der Waals surface area (Å²) >= 11 is 0. The maximum atomic E-state index is 12.8. The molecule has 142 valence electrons. The highest BCUT2D eigenvalue weighted by molar-refractivity contribution is 5.92. The lowest BCUT2D eigenvalue weighted by molar-refractivity contribution is 0.0927. The molecular weight excluding hydrogens is 350 g/mol. The third-order valence-corrected chi connectivity index (χ3v) is 5.59. The van der Waals surface area contributed by atoms with Gasteiger partial charge in [0.1, 0.15) is 11.5 Å². The summed E-state index contributed by atoms with van der Waals surface area (Å²) in [6.07, 6.45) is 8.81. The Labute approximate surface area is 164 Å². The number of hydrogen-bond donors (Lipinski definition) is 1. The van der Waals surface area contributed by atoms with E-state index in [0.29, 0.717) is 11.6 Å². The summed E-state index contributed by atoms with van der Waals surface area (Å²) in [5.41, 5.74) is 4.04. The third kappa shape index (κ3) is 3.42. The van der Waals surface area contributed by atoms with Crippen LogP contribution in [0.5, 0.6) is 0 Å². The van der Waals surface area contributed by atoms with Gasteiger partial charge in [-0.1, -0.05) is 30.3 Å². The highest BCUT2D eigenvalue weighted by Crippen LogP contribution is 2.37. The lowest BCUT2D eigenvalue weighted by Gasteiger charge is -2.24. The van der Waals surface area contributed by atoms with E-state index in [0.717, 1.165) is 50.0 Å². The molecule has 2 heterocycles. The molecule has 0 spiro atoms. The molecule has 2 aliphatic rings. The Balaban J connectivity index is 1.34. The number of benzene rings is 1. The van der Waals surface area contributed by atoms with Crippen LogP contribution in [0.15, 0.2) is 48.8 Å². The van der Waals surface area contributed by atoms with Crippen molar-refractivity contribution in [2.45, 2.75) is 50.6 Å². The lowest BCUT2D eigenvalue weighted by atomic mass is 9.92. The van der Waals surface area contributed by atoms with Gasteiger partial charge in [0.2, 0.25) is 0 Å². The van der Waals surface area contributed by atoms with E-state index in [1.165, 1.54) is 11.3 Å². The molecule has 6 nitrogen and oxygen atoms in total. The number of fused-ring (bicyclic) bond motifs is 1. The van der Waals surface area contributed by atoms with Gasteiger partial charge in [0.05, 0.1) is 18.8 Å². The SMILES string of the molecule is O=C(NC1CCCc2c1cnn2Cc1ccccc1)c1ccnc(C2CC2)n1. The van der Waals surface area contributed by atoms with Crippen LogP contribution < -0.4 is 5.32 Å². The zero-order valence-corrected chi connectivity index (χ0v) is 15.7. The Morgan fingerprint density at radius 1 is 1.14 bits per heavy atom. The van der Waals surface area contributed by atoms with Crippen LogP contribution in [0.3, 0.4) is 0 Å². The Hall–Kier alpha value is -3.02.